The van der Waals surface area contributed by atoms with Gasteiger partial charge < -0.3 is 4.74 Å². The lowest BCUT2D eigenvalue weighted by molar-refractivity contribution is -0.149. The maximum Gasteiger partial charge on any atom is 0.325 e. The maximum absolute atomic E-state index is 11.9. The summed E-state index contributed by atoms with van der Waals surface area (Å²) in [6, 6.07) is 7.63. The predicted molar refractivity (Wildman–Crippen MR) is 77.3 cm³/mol. The second kappa shape index (κ2) is 8.16. The number of rotatable bonds is 7. The Balaban J connectivity index is 2.71. The van der Waals surface area contributed by atoms with Crippen LogP contribution in [0.2, 0.25) is 0 Å². The number of ketones is 1. The highest BCUT2D eigenvalue weighted by Crippen LogP contribution is 2.06. The van der Waals surface area contributed by atoms with Gasteiger partial charge in [-0.2, -0.15) is 0 Å². The fraction of sp³-hybridized carbons (Fsp3) is 0.400. The van der Waals surface area contributed by atoms with Crippen molar-refractivity contribution in [2.45, 2.75) is 26.8 Å². The Kier molecular flexibility index (Phi) is 6.55. The van der Waals surface area contributed by atoms with Crippen LogP contribution < -0.4 is 10.9 Å². The molecule has 0 saturated carbocycles. The Morgan fingerprint density at radius 1 is 1.19 bits per heavy atom. The number of esters is 1. The number of benzene rings is 1. The molecule has 114 valence electrons. The highest BCUT2D eigenvalue weighted by atomic mass is 16.5. The monoisotopic (exact) mass is 292 g/mol. The van der Waals surface area contributed by atoms with Gasteiger partial charge in [0.1, 0.15) is 11.8 Å². The third kappa shape index (κ3) is 5.00. The van der Waals surface area contributed by atoms with Crippen LogP contribution in [-0.2, 0) is 14.3 Å². The number of ether oxygens (including phenoxy) is 1. The lowest BCUT2D eigenvalue weighted by Crippen LogP contribution is -2.53. The molecule has 1 rings (SSSR count). The van der Waals surface area contributed by atoms with Crippen molar-refractivity contribution in [3.05, 3.63) is 35.9 Å². The SMILES string of the molecule is CCOC(=O)[C@H](NNC(=O)c1ccccc1)C(C)C(C)=O. The highest BCUT2D eigenvalue weighted by molar-refractivity contribution is 5.94. The van der Waals surface area contributed by atoms with E-state index in [1.54, 1.807) is 44.2 Å². The molecule has 1 aromatic rings. The first kappa shape index (κ1) is 16.8. The van der Waals surface area contributed by atoms with Crippen molar-refractivity contribution in [1.29, 1.82) is 0 Å². The second-order valence-corrected chi connectivity index (χ2v) is 4.59. The lowest BCUT2D eigenvalue weighted by Gasteiger charge is -2.21. The topological polar surface area (TPSA) is 84.5 Å². The second-order valence-electron chi connectivity index (χ2n) is 4.59. The Morgan fingerprint density at radius 3 is 2.33 bits per heavy atom. The lowest BCUT2D eigenvalue weighted by atomic mass is 9.99. The standard InChI is InChI=1S/C15H20N2O4/c1-4-21-15(20)13(10(2)11(3)18)16-17-14(19)12-8-6-5-7-9-12/h5-10,13,16H,4H2,1-3H3,(H,17,19)/t10?,13-/m1/s1. The summed E-state index contributed by atoms with van der Waals surface area (Å²) in [5.41, 5.74) is 5.47. The van der Waals surface area contributed by atoms with E-state index in [9.17, 15) is 14.4 Å². The summed E-state index contributed by atoms with van der Waals surface area (Å²) >= 11 is 0. The number of Topliss-reactive ketones (excluding diaryl/α,β-unsaturated/α-hetero) is 1. The quantitative estimate of drug-likeness (QED) is 0.580. The van der Waals surface area contributed by atoms with Crippen molar-refractivity contribution >= 4 is 17.7 Å². The minimum Gasteiger partial charge on any atom is -0.465 e. The third-order valence-corrected chi connectivity index (χ3v) is 3.06. The molecule has 0 radical (unpaired) electrons. The van der Waals surface area contributed by atoms with E-state index in [2.05, 4.69) is 10.9 Å². The average Bonchev–Trinajstić information content (AvgIpc) is 2.48. The molecule has 0 saturated heterocycles. The van der Waals surface area contributed by atoms with Gasteiger partial charge in [-0.3, -0.25) is 19.8 Å². The van der Waals surface area contributed by atoms with Crippen molar-refractivity contribution in [2.24, 2.45) is 5.92 Å². The van der Waals surface area contributed by atoms with Gasteiger partial charge in [-0.05, 0) is 26.0 Å². The molecule has 0 aliphatic heterocycles. The van der Waals surface area contributed by atoms with Gasteiger partial charge in [-0.1, -0.05) is 25.1 Å². The van der Waals surface area contributed by atoms with E-state index in [-0.39, 0.29) is 18.3 Å². The number of hydrazine groups is 1. The first-order chi connectivity index (χ1) is 9.97. The van der Waals surface area contributed by atoms with E-state index in [0.717, 1.165) is 0 Å². The number of hydrogen-bond acceptors (Lipinski definition) is 5. The first-order valence-electron chi connectivity index (χ1n) is 6.75. The van der Waals surface area contributed by atoms with Crippen molar-refractivity contribution in [3.63, 3.8) is 0 Å². The van der Waals surface area contributed by atoms with E-state index in [4.69, 9.17) is 4.74 Å². The molecular formula is C15H20N2O4. The van der Waals surface area contributed by atoms with Gasteiger partial charge in [0.05, 0.1) is 6.61 Å². The molecule has 0 heterocycles. The molecule has 2 atom stereocenters. The molecule has 6 nitrogen and oxygen atoms in total. The molecule has 0 bridgehead atoms. The number of amides is 1. The summed E-state index contributed by atoms with van der Waals surface area (Å²) in [5.74, 6) is -1.75. The summed E-state index contributed by atoms with van der Waals surface area (Å²) in [5, 5.41) is 0. The smallest absolute Gasteiger partial charge is 0.325 e. The van der Waals surface area contributed by atoms with Gasteiger partial charge in [0.2, 0.25) is 0 Å². The number of nitrogens with one attached hydrogen (secondary N) is 2. The highest BCUT2D eigenvalue weighted by Gasteiger charge is 2.29. The molecule has 1 amide bonds. The molecule has 0 aromatic heterocycles. The van der Waals surface area contributed by atoms with Crippen LogP contribution in [0.3, 0.4) is 0 Å². The largest absolute Gasteiger partial charge is 0.465 e. The molecule has 0 aliphatic carbocycles. The summed E-state index contributed by atoms with van der Waals surface area (Å²) in [4.78, 5) is 35.2. The molecule has 21 heavy (non-hydrogen) atoms. The van der Waals surface area contributed by atoms with Gasteiger partial charge in [0.15, 0.2) is 0 Å². The van der Waals surface area contributed by atoms with Crippen molar-refractivity contribution < 1.29 is 19.1 Å². The predicted octanol–water partition coefficient (Wildman–Crippen LogP) is 1.08. The van der Waals surface area contributed by atoms with Crippen LogP contribution >= 0.6 is 0 Å². The number of carbonyl (C=O) groups is 3. The van der Waals surface area contributed by atoms with E-state index in [1.165, 1.54) is 6.92 Å². The Morgan fingerprint density at radius 2 is 1.81 bits per heavy atom. The molecular weight excluding hydrogens is 272 g/mol. The number of carbonyl (C=O) groups excluding carboxylic acids is 3. The summed E-state index contributed by atoms with van der Waals surface area (Å²) in [7, 11) is 0. The fourth-order valence-electron chi connectivity index (χ4n) is 1.66. The minimum absolute atomic E-state index is 0.172. The average molecular weight is 292 g/mol. The molecule has 0 fully saturated rings. The molecule has 6 heteroatoms. The fourth-order valence-corrected chi connectivity index (χ4v) is 1.66. The minimum atomic E-state index is -0.921. The molecule has 0 aliphatic rings. The first-order valence-corrected chi connectivity index (χ1v) is 6.75. The van der Waals surface area contributed by atoms with Gasteiger partial charge in [-0.15, -0.1) is 0 Å². The van der Waals surface area contributed by atoms with Crippen LogP contribution in [0, 0.1) is 5.92 Å². The van der Waals surface area contributed by atoms with Crippen LogP contribution in [0.5, 0.6) is 0 Å². The van der Waals surface area contributed by atoms with E-state index in [0.29, 0.717) is 5.56 Å². The van der Waals surface area contributed by atoms with E-state index in [1.807, 2.05) is 0 Å². The molecule has 2 N–H and O–H groups in total. The van der Waals surface area contributed by atoms with Gasteiger partial charge >= 0.3 is 5.97 Å². The molecule has 0 spiro atoms. The van der Waals surface area contributed by atoms with Crippen molar-refractivity contribution in [1.82, 2.24) is 10.9 Å². The van der Waals surface area contributed by atoms with Gasteiger partial charge in [0, 0.05) is 11.5 Å². The van der Waals surface area contributed by atoms with Crippen LogP contribution in [0.4, 0.5) is 0 Å². The maximum atomic E-state index is 11.9. The normalized spacial score (nSPS) is 13.1. The van der Waals surface area contributed by atoms with E-state index < -0.39 is 17.9 Å². The summed E-state index contributed by atoms with van der Waals surface area (Å²) in [6.45, 7) is 4.87. The number of hydrogen-bond donors (Lipinski definition) is 2. The van der Waals surface area contributed by atoms with Crippen LogP contribution in [0.1, 0.15) is 31.1 Å². The van der Waals surface area contributed by atoms with Crippen molar-refractivity contribution in [3.8, 4) is 0 Å². The zero-order chi connectivity index (χ0) is 15.8. The van der Waals surface area contributed by atoms with Crippen LogP contribution in [0.25, 0.3) is 0 Å². The van der Waals surface area contributed by atoms with Crippen LogP contribution in [-0.4, -0.2) is 30.3 Å². The zero-order valence-corrected chi connectivity index (χ0v) is 12.4. The van der Waals surface area contributed by atoms with Crippen LogP contribution in [0.15, 0.2) is 30.3 Å². The van der Waals surface area contributed by atoms with E-state index >= 15 is 0 Å². The zero-order valence-electron chi connectivity index (χ0n) is 12.4. The summed E-state index contributed by atoms with van der Waals surface area (Å²) in [6.07, 6.45) is 0. The molecule has 1 unspecified atom stereocenters. The Labute approximate surface area is 123 Å². The van der Waals surface area contributed by atoms with Crippen molar-refractivity contribution in [2.75, 3.05) is 6.61 Å². The summed E-state index contributed by atoms with van der Waals surface area (Å²) < 4.78 is 4.91. The molecule has 1 aromatic carbocycles. The Bertz CT molecular complexity index is 502. The van der Waals surface area contributed by atoms with Gasteiger partial charge in [0.25, 0.3) is 5.91 Å². The van der Waals surface area contributed by atoms with Gasteiger partial charge in [-0.25, -0.2) is 5.43 Å². The third-order valence-electron chi connectivity index (χ3n) is 3.06. The Hall–Kier alpha value is -2.21.